The Hall–Kier alpha value is -2.95. The van der Waals surface area contributed by atoms with Crippen LogP contribution in [0.4, 0.5) is 5.82 Å². The van der Waals surface area contributed by atoms with Gasteiger partial charge in [0.15, 0.2) is 0 Å². The van der Waals surface area contributed by atoms with Crippen LogP contribution in [0.15, 0.2) is 36.4 Å². The van der Waals surface area contributed by atoms with E-state index in [1.807, 2.05) is 22.9 Å². The third kappa shape index (κ3) is 2.51. The first-order chi connectivity index (χ1) is 12.6. The van der Waals surface area contributed by atoms with Crippen molar-refractivity contribution in [3.63, 3.8) is 0 Å². The average Bonchev–Trinajstić information content (AvgIpc) is 3.24. The summed E-state index contributed by atoms with van der Waals surface area (Å²) >= 11 is 0. The monoisotopic (exact) mass is 349 g/mol. The largest absolute Gasteiger partial charge is 0.496 e. The van der Waals surface area contributed by atoms with Crippen LogP contribution in [0, 0.1) is 13.8 Å². The Morgan fingerprint density at radius 1 is 1.04 bits per heavy atom. The average molecular weight is 349 g/mol. The Labute approximate surface area is 153 Å². The maximum Gasteiger partial charge on any atom is 0.133 e. The van der Waals surface area contributed by atoms with Crippen LogP contribution in [0.25, 0.3) is 16.9 Å². The number of anilines is 1. The molecule has 0 atom stereocenters. The zero-order chi connectivity index (χ0) is 18.3. The van der Waals surface area contributed by atoms with E-state index in [1.54, 1.807) is 14.2 Å². The Morgan fingerprint density at radius 2 is 1.77 bits per heavy atom. The van der Waals surface area contributed by atoms with Gasteiger partial charge in [-0.15, -0.1) is 0 Å². The Bertz CT molecular complexity index is 953. The number of methoxy groups -OCH3 is 2. The van der Waals surface area contributed by atoms with Gasteiger partial charge in [-0.3, -0.25) is 0 Å². The van der Waals surface area contributed by atoms with Gasteiger partial charge in [-0.05, 0) is 44.0 Å². The van der Waals surface area contributed by atoms with Gasteiger partial charge in [0, 0.05) is 12.1 Å². The molecule has 1 aliphatic rings. The number of fused-ring (bicyclic) bond motifs is 1. The van der Waals surface area contributed by atoms with Gasteiger partial charge in [-0.2, -0.15) is 5.10 Å². The van der Waals surface area contributed by atoms with E-state index in [1.165, 1.54) is 16.7 Å². The van der Waals surface area contributed by atoms with E-state index in [0.717, 1.165) is 47.2 Å². The van der Waals surface area contributed by atoms with Crippen molar-refractivity contribution in [2.24, 2.45) is 0 Å². The van der Waals surface area contributed by atoms with Crippen molar-refractivity contribution >= 4 is 5.82 Å². The summed E-state index contributed by atoms with van der Waals surface area (Å²) in [7, 11) is 3.36. The number of benzene rings is 2. The van der Waals surface area contributed by atoms with Gasteiger partial charge in [0.2, 0.25) is 0 Å². The summed E-state index contributed by atoms with van der Waals surface area (Å²) in [5.41, 5.74) is 6.55. The molecule has 1 N–H and O–H groups in total. The topological polar surface area (TPSA) is 48.3 Å². The minimum atomic E-state index is 0.768. The lowest BCUT2D eigenvalue weighted by atomic mass is 10.0. The number of hydrogen-bond donors (Lipinski definition) is 1. The minimum absolute atomic E-state index is 0.768. The summed E-state index contributed by atoms with van der Waals surface area (Å²) in [5, 5.41) is 8.47. The molecule has 0 unspecified atom stereocenters. The summed E-state index contributed by atoms with van der Waals surface area (Å²) in [6.07, 6.45) is 0.927. The molecule has 2 aromatic carbocycles. The molecule has 0 radical (unpaired) electrons. The zero-order valence-electron chi connectivity index (χ0n) is 15.6. The van der Waals surface area contributed by atoms with Crippen LogP contribution in [0.3, 0.4) is 0 Å². The Morgan fingerprint density at radius 3 is 2.42 bits per heavy atom. The molecule has 0 saturated heterocycles. The van der Waals surface area contributed by atoms with Gasteiger partial charge in [0.05, 0.1) is 25.5 Å². The molecule has 2 heterocycles. The van der Waals surface area contributed by atoms with E-state index in [4.69, 9.17) is 14.6 Å². The Balaban J connectivity index is 1.96. The molecule has 5 nitrogen and oxygen atoms in total. The number of ether oxygens (including phenoxy) is 2. The molecule has 5 heteroatoms. The van der Waals surface area contributed by atoms with E-state index in [9.17, 15) is 0 Å². The highest BCUT2D eigenvalue weighted by Crippen LogP contribution is 2.43. The standard InChI is InChI=1S/C21H23N3O2/c1-13-8-9-16(14(2)12-13)24-21-15(10-11-22-21)20(23-24)19-17(25-3)6-5-7-18(19)26-4/h5-9,12,22H,10-11H2,1-4H3. The second-order valence-electron chi connectivity index (χ2n) is 6.59. The van der Waals surface area contributed by atoms with E-state index >= 15 is 0 Å². The van der Waals surface area contributed by atoms with Gasteiger partial charge in [0.25, 0.3) is 0 Å². The summed E-state index contributed by atoms with van der Waals surface area (Å²) in [4.78, 5) is 0. The van der Waals surface area contributed by atoms with E-state index in [2.05, 4.69) is 37.4 Å². The highest BCUT2D eigenvalue weighted by atomic mass is 16.5. The molecule has 0 aliphatic carbocycles. The van der Waals surface area contributed by atoms with Crippen molar-refractivity contribution in [2.45, 2.75) is 20.3 Å². The predicted molar refractivity (Wildman–Crippen MR) is 104 cm³/mol. The summed E-state index contributed by atoms with van der Waals surface area (Å²) in [6, 6.07) is 12.3. The highest BCUT2D eigenvalue weighted by molar-refractivity contribution is 5.81. The summed E-state index contributed by atoms with van der Waals surface area (Å²) < 4.78 is 13.2. The van der Waals surface area contributed by atoms with Crippen LogP contribution < -0.4 is 14.8 Å². The SMILES string of the molecule is COc1cccc(OC)c1-c1nn(-c2ccc(C)cc2C)c2c1CCN2. The normalized spacial score (nSPS) is 12.6. The molecule has 0 bridgehead atoms. The molecule has 3 aromatic rings. The number of nitrogens with zero attached hydrogens (tertiary/aromatic N) is 2. The van der Waals surface area contributed by atoms with Crippen LogP contribution >= 0.6 is 0 Å². The highest BCUT2D eigenvalue weighted by Gasteiger charge is 2.28. The maximum atomic E-state index is 5.61. The van der Waals surface area contributed by atoms with Gasteiger partial charge in [0.1, 0.15) is 23.0 Å². The lowest BCUT2D eigenvalue weighted by Gasteiger charge is -2.12. The van der Waals surface area contributed by atoms with Crippen LogP contribution in [0.5, 0.6) is 11.5 Å². The van der Waals surface area contributed by atoms with Gasteiger partial charge in [-0.25, -0.2) is 4.68 Å². The fraction of sp³-hybridized carbons (Fsp3) is 0.286. The fourth-order valence-corrected chi connectivity index (χ4v) is 3.68. The van der Waals surface area contributed by atoms with Gasteiger partial charge in [-0.1, -0.05) is 23.8 Å². The molecule has 0 saturated carbocycles. The molecule has 0 fully saturated rings. The smallest absolute Gasteiger partial charge is 0.133 e. The van der Waals surface area contributed by atoms with Crippen molar-refractivity contribution < 1.29 is 9.47 Å². The molecular weight excluding hydrogens is 326 g/mol. The quantitative estimate of drug-likeness (QED) is 0.769. The number of hydrogen-bond acceptors (Lipinski definition) is 4. The van der Waals surface area contributed by atoms with Crippen molar-refractivity contribution in [3.8, 4) is 28.4 Å². The van der Waals surface area contributed by atoms with Crippen molar-refractivity contribution in [3.05, 3.63) is 53.1 Å². The molecule has 4 rings (SSSR count). The number of aryl methyl sites for hydroxylation is 2. The maximum absolute atomic E-state index is 5.61. The van der Waals surface area contributed by atoms with E-state index < -0.39 is 0 Å². The first-order valence-electron chi connectivity index (χ1n) is 8.78. The van der Waals surface area contributed by atoms with E-state index in [0.29, 0.717) is 0 Å². The first kappa shape index (κ1) is 16.5. The summed E-state index contributed by atoms with van der Waals surface area (Å²) in [6.45, 7) is 5.13. The van der Waals surface area contributed by atoms with Crippen LogP contribution in [0.2, 0.25) is 0 Å². The van der Waals surface area contributed by atoms with Gasteiger partial charge >= 0.3 is 0 Å². The molecule has 26 heavy (non-hydrogen) atoms. The Kier molecular flexibility index (Phi) is 4.07. The number of nitrogens with one attached hydrogen (secondary N) is 1. The van der Waals surface area contributed by atoms with Gasteiger partial charge < -0.3 is 14.8 Å². The van der Waals surface area contributed by atoms with Crippen LogP contribution in [-0.2, 0) is 6.42 Å². The van der Waals surface area contributed by atoms with Crippen molar-refractivity contribution in [2.75, 3.05) is 26.1 Å². The third-order valence-electron chi connectivity index (χ3n) is 4.90. The predicted octanol–water partition coefficient (Wildman–Crippen LogP) is 4.14. The molecule has 0 amide bonds. The zero-order valence-corrected chi connectivity index (χ0v) is 15.6. The minimum Gasteiger partial charge on any atom is -0.496 e. The lowest BCUT2D eigenvalue weighted by Crippen LogP contribution is -2.06. The fourth-order valence-electron chi connectivity index (χ4n) is 3.68. The van der Waals surface area contributed by atoms with Crippen LogP contribution in [-0.4, -0.2) is 30.5 Å². The molecular formula is C21H23N3O2. The summed E-state index contributed by atoms with van der Waals surface area (Å²) in [5.74, 6) is 2.59. The second kappa shape index (κ2) is 6.41. The molecule has 1 aliphatic heterocycles. The van der Waals surface area contributed by atoms with Crippen molar-refractivity contribution in [1.82, 2.24) is 9.78 Å². The third-order valence-corrected chi connectivity index (χ3v) is 4.90. The first-order valence-corrected chi connectivity index (χ1v) is 8.78. The second-order valence-corrected chi connectivity index (χ2v) is 6.59. The number of aromatic nitrogens is 2. The molecule has 0 spiro atoms. The van der Waals surface area contributed by atoms with E-state index in [-0.39, 0.29) is 0 Å². The van der Waals surface area contributed by atoms with Crippen LogP contribution in [0.1, 0.15) is 16.7 Å². The molecule has 1 aromatic heterocycles. The molecule has 134 valence electrons. The lowest BCUT2D eigenvalue weighted by molar-refractivity contribution is 0.397. The number of rotatable bonds is 4. The van der Waals surface area contributed by atoms with Crippen molar-refractivity contribution in [1.29, 1.82) is 0 Å².